The number of nitrogens with zero attached hydrogens (tertiary/aromatic N) is 1. The molecule has 0 aliphatic heterocycles. The first-order chi connectivity index (χ1) is 7.58. The molecule has 0 amide bonds. The van der Waals surface area contributed by atoms with E-state index in [9.17, 15) is 8.78 Å². The number of pyridine rings is 1. The second-order valence-electron chi connectivity index (χ2n) is 3.78. The van der Waals surface area contributed by atoms with E-state index in [0.29, 0.717) is 11.3 Å². The fourth-order valence-electron chi connectivity index (χ4n) is 1.47. The van der Waals surface area contributed by atoms with Crippen LogP contribution in [0.25, 0.3) is 11.3 Å². The Morgan fingerprint density at radius 3 is 2.38 bits per heavy atom. The Kier molecular flexibility index (Phi) is 2.69. The molecule has 0 unspecified atom stereocenters. The second kappa shape index (κ2) is 4.00. The van der Waals surface area contributed by atoms with Gasteiger partial charge in [-0.15, -0.1) is 0 Å². The molecule has 0 saturated carbocycles. The lowest BCUT2D eigenvalue weighted by Gasteiger charge is -2.05. The molecule has 1 aromatic heterocycles. The minimum atomic E-state index is -0.587. The summed E-state index contributed by atoms with van der Waals surface area (Å²) in [7, 11) is 0. The summed E-state index contributed by atoms with van der Waals surface area (Å²) in [4.78, 5) is 4.14. The molecule has 0 atom stereocenters. The Morgan fingerprint density at radius 1 is 1.00 bits per heavy atom. The van der Waals surface area contributed by atoms with Crippen LogP contribution >= 0.6 is 0 Å². The van der Waals surface area contributed by atoms with Crippen LogP contribution in [0.1, 0.15) is 11.1 Å². The van der Waals surface area contributed by atoms with Crippen LogP contribution < -0.4 is 0 Å². The Morgan fingerprint density at radius 2 is 1.75 bits per heavy atom. The van der Waals surface area contributed by atoms with E-state index in [1.54, 1.807) is 12.3 Å². The Hall–Kier alpha value is -1.77. The molecule has 0 saturated heterocycles. The van der Waals surface area contributed by atoms with E-state index < -0.39 is 11.6 Å². The lowest BCUT2D eigenvalue weighted by atomic mass is 10.1. The van der Waals surface area contributed by atoms with Gasteiger partial charge in [0.25, 0.3) is 0 Å². The first kappa shape index (κ1) is 10.7. The first-order valence-electron chi connectivity index (χ1n) is 4.96. The van der Waals surface area contributed by atoms with Gasteiger partial charge < -0.3 is 0 Å². The number of aromatic nitrogens is 1. The zero-order valence-corrected chi connectivity index (χ0v) is 9.09. The standard InChI is InChI=1S/C13H11F2N/c1-8-5-13(16-7-9(8)2)11-4-3-10(14)6-12(11)15/h3-7H,1-2H3. The van der Waals surface area contributed by atoms with Crippen molar-refractivity contribution in [2.75, 3.05) is 0 Å². The predicted octanol–water partition coefficient (Wildman–Crippen LogP) is 3.64. The molecule has 3 heteroatoms. The fourth-order valence-corrected chi connectivity index (χ4v) is 1.47. The van der Waals surface area contributed by atoms with Crippen molar-refractivity contribution in [3.8, 4) is 11.3 Å². The Bertz CT molecular complexity index is 535. The van der Waals surface area contributed by atoms with Gasteiger partial charge in [0.05, 0.1) is 5.69 Å². The van der Waals surface area contributed by atoms with E-state index in [1.807, 2.05) is 13.8 Å². The second-order valence-corrected chi connectivity index (χ2v) is 3.78. The molecular formula is C13H11F2N. The molecule has 1 aromatic carbocycles. The zero-order valence-electron chi connectivity index (χ0n) is 9.09. The van der Waals surface area contributed by atoms with E-state index in [0.717, 1.165) is 17.2 Å². The molecule has 16 heavy (non-hydrogen) atoms. The van der Waals surface area contributed by atoms with Gasteiger partial charge in [0.2, 0.25) is 0 Å². The summed E-state index contributed by atoms with van der Waals surface area (Å²) in [6, 6.07) is 5.30. The normalized spacial score (nSPS) is 10.5. The quantitative estimate of drug-likeness (QED) is 0.713. The summed E-state index contributed by atoms with van der Waals surface area (Å²) in [5, 5.41) is 0. The maximum absolute atomic E-state index is 13.5. The lowest BCUT2D eigenvalue weighted by Crippen LogP contribution is -1.91. The van der Waals surface area contributed by atoms with Crippen LogP contribution in [0.4, 0.5) is 8.78 Å². The van der Waals surface area contributed by atoms with Crippen molar-refractivity contribution < 1.29 is 8.78 Å². The van der Waals surface area contributed by atoms with Crippen LogP contribution in [-0.4, -0.2) is 4.98 Å². The number of hydrogen-bond acceptors (Lipinski definition) is 1. The van der Waals surface area contributed by atoms with Crippen LogP contribution in [0.3, 0.4) is 0 Å². The van der Waals surface area contributed by atoms with Crippen LogP contribution in [0, 0.1) is 25.5 Å². The van der Waals surface area contributed by atoms with Gasteiger partial charge in [-0.2, -0.15) is 0 Å². The van der Waals surface area contributed by atoms with E-state index in [1.165, 1.54) is 12.1 Å². The third-order valence-corrected chi connectivity index (χ3v) is 2.58. The Labute approximate surface area is 92.8 Å². The van der Waals surface area contributed by atoms with Crippen molar-refractivity contribution in [3.63, 3.8) is 0 Å². The number of rotatable bonds is 1. The minimum absolute atomic E-state index is 0.324. The van der Waals surface area contributed by atoms with Crippen LogP contribution in [-0.2, 0) is 0 Å². The number of aryl methyl sites for hydroxylation is 2. The number of hydrogen-bond donors (Lipinski definition) is 0. The molecule has 0 spiro atoms. The monoisotopic (exact) mass is 219 g/mol. The van der Waals surface area contributed by atoms with E-state index >= 15 is 0 Å². The van der Waals surface area contributed by atoms with E-state index in [-0.39, 0.29) is 0 Å². The van der Waals surface area contributed by atoms with Crippen molar-refractivity contribution in [2.45, 2.75) is 13.8 Å². The SMILES string of the molecule is Cc1cnc(-c2ccc(F)cc2F)cc1C. The summed E-state index contributed by atoms with van der Waals surface area (Å²) in [5.41, 5.74) is 2.94. The number of benzene rings is 1. The number of halogens is 2. The summed E-state index contributed by atoms with van der Waals surface area (Å²) in [6.45, 7) is 3.87. The fraction of sp³-hybridized carbons (Fsp3) is 0.154. The molecule has 0 fully saturated rings. The van der Waals surface area contributed by atoms with Crippen molar-refractivity contribution in [3.05, 3.63) is 53.2 Å². The largest absolute Gasteiger partial charge is 0.256 e. The molecule has 0 bridgehead atoms. The average Bonchev–Trinajstić information content (AvgIpc) is 2.22. The minimum Gasteiger partial charge on any atom is -0.256 e. The molecule has 0 aliphatic carbocycles. The maximum atomic E-state index is 13.5. The molecule has 0 N–H and O–H groups in total. The molecule has 2 aromatic rings. The molecule has 1 heterocycles. The van der Waals surface area contributed by atoms with Gasteiger partial charge in [0, 0.05) is 17.8 Å². The highest BCUT2D eigenvalue weighted by molar-refractivity contribution is 5.60. The van der Waals surface area contributed by atoms with Crippen LogP contribution in [0.2, 0.25) is 0 Å². The third kappa shape index (κ3) is 1.94. The molecular weight excluding hydrogens is 208 g/mol. The van der Waals surface area contributed by atoms with Gasteiger partial charge >= 0.3 is 0 Å². The van der Waals surface area contributed by atoms with E-state index in [4.69, 9.17) is 0 Å². The van der Waals surface area contributed by atoms with Gasteiger partial charge in [-0.05, 0) is 43.2 Å². The van der Waals surface area contributed by atoms with Gasteiger partial charge in [-0.1, -0.05) is 0 Å². The summed E-state index contributed by atoms with van der Waals surface area (Å²) < 4.78 is 26.2. The molecule has 82 valence electrons. The predicted molar refractivity (Wildman–Crippen MR) is 59.1 cm³/mol. The van der Waals surface area contributed by atoms with Crippen LogP contribution in [0.15, 0.2) is 30.5 Å². The summed E-state index contributed by atoms with van der Waals surface area (Å²) in [5.74, 6) is -1.17. The van der Waals surface area contributed by atoms with Gasteiger partial charge in [0.15, 0.2) is 0 Å². The van der Waals surface area contributed by atoms with E-state index in [2.05, 4.69) is 4.98 Å². The summed E-state index contributed by atoms with van der Waals surface area (Å²) in [6.07, 6.45) is 1.69. The van der Waals surface area contributed by atoms with Crippen molar-refractivity contribution in [2.24, 2.45) is 0 Å². The van der Waals surface area contributed by atoms with Crippen molar-refractivity contribution in [1.29, 1.82) is 0 Å². The lowest BCUT2D eigenvalue weighted by molar-refractivity contribution is 0.585. The Balaban J connectivity index is 2.54. The highest BCUT2D eigenvalue weighted by atomic mass is 19.1. The van der Waals surface area contributed by atoms with Crippen LogP contribution in [0.5, 0.6) is 0 Å². The smallest absolute Gasteiger partial charge is 0.135 e. The molecule has 2 rings (SSSR count). The molecule has 1 nitrogen and oxygen atoms in total. The molecule has 0 aliphatic rings. The topological polar surface area (TPSA) is 12.9 Å². The maximum Gasteiger partial charge on any atom is 0.135 e. The third-order valence-electron chi connectivity index (χ3n) is 2.58. The average molecular weight is 219 g/mol. The van der Waals surface area contributed by atoms with Gasteiger partial charge in [0.1, 0.15) is 11.6 Å². The van der Waals surface area contributed by atoms with Gasteiger partial charge in [-0.25, -0.2) is 8.78 Å². The molecule has 0 radical (unpaired) electrons. The highest BCUT2D eigenvalue weighted by Gasteiger charge is 2.08. The van der Waals surface area contributed by atoms with Gasteiger partial charge in [-0.3, -0.25) is 4.98 Å². The zero-order chi connectivity index (χ0) is 11.7. The van der Waals surface area contributed by atoms with Crippen molar-refractivity contribution >= 4 is 0 Å². The first-order valence-corrected chi connectivity index (χ1v) is 4.96. The highest BCUT2D eigenvalue weighted by Crippen LogP contribution is 2.22. The summed E-state index contributed by atoms with van der Waals surface area (Å²) >= 11 is 0. The van der Waals surface area contributed by atoms with Crippen molar-refractivity contribution in [1.82, 2.24) is 4.98 Å².